The third-order valence-corrected chi connectivity index (χ3v) is 4.89. The van der Waals surface area contributed by atoms with E-state index in [4.69, 9.17) is 5.73 Å². The summed E-state index contributed by atoms with van der Waals surface area (Å²) in [6.45, 7) is 1.79. The number of aromatic nitrogens is 3. The van der Waals surface area contributed by atoms with Crippen molar-refractivity contribution in [2.75, 3.05) is 22.1 Å². The zero-order valence-corrected chi connectivity index (χ0v) is 16.2. The maximum absolute atomic E-state index is 13.6. The Morgan fingerprint density at radius 1 is 1.07 bits per heavy atom. The quantitative estimate of drug-likeness (QED) is 0.536. The molecule has 0 aliphatic heterocycles. The van der Waals surface area contributed by atoms with Crippen LogP contribution in [0.5, 0.6) is 0 Å². The molecule has 0 aliphatic carbocycles. The van der Waals surface area contributed by atoms with E-state index in [0.717, 1.165) is 17.8 Å². The van der Waals surface area contributed by atoms with Crippen LogP contribution in [0.3, 0.4) is 0 Å². The van der Waals surface area contributed by atoms with Gasteiger partial charge in [0.1, 0.15) is 23.1 Å². The number of nitrogens with two attached hydrogens (primary N) is 1. The zero-order chi connectivity index (χ0) is 20.8. The van der Waals surface area contributed by atoms with Crippen LogP contribution < -0.4 is 16.4 Å². The molecule has 1 unspecified atom stereocenters. The van der Waals surface area contributed by atoms with Gasteiger partial charge in [0.15, 0.2) is 0 Å². The highest BCUT2D eigenvalue weighted by Crippen LogP contribution is 2.27. The number of rotatable bonds is 7. The van der Waals surface area contributed by atoms with Crippen molar-refractivity contribution in [1.29, 1.82) is 0 Å². The lowest BCUT2D eigenvalue weighted by Gasteiger charge is -2.13. The molecule has 2 aromatic carbocycles. The van der Waals surface area contributed by atoms with Crippen LogP contribution in [0.4, 0.5) is 32.1 Å². The Kier molecular flexibility index (Phi) is 6.55. The largest absolute Gasteiger partial charge is 0.368 e. The van der Waals surface area contributed by atoms with E-state index in [9.17, 15) is 13.6 Å². The van der Waals surface area contributed by atoms with Gasteiger partial charge in [0.2, 0.25) is 17.8 Å². The van der Waals surface area contributed by atoms with Crippen molar-refractivity contribution in [2.24, 2.45) is 0 Å². The van der Waals surface area contributed by atoms with E-state index < -0.39 is 23.2 Å². The van der Waals surface area contributed by atoms with Crippen LogP contribution in [-0.2, 0) is 4.79 Å². The third-order valence-electron chi connectivity index (χ3n) is 3.76. The number of carbonyl (C=O) groups excluding carboxylic acids is 1. The van der Waals surface area contributed by atoms with Gasteiger partial charge in [0.05, 0.1) is 11.0 Å². The number of para-hydroxylation sites is 2. The van der Waals surface area contributed by atoms with E-state index in [0.29, 0.717) is 5.82 Å². The number of carbonyl (C=O) groups is 1. The van der Waals surface area contributed by atoms with Gasteiger partial charge in [-0.3, -0.25) is 4.79 Å². The number of nitrogen functional groups attached to an aromatic ring is 1. The molecule has 0 bridgehead atoms. The van der Waals surface area contributed by atoms with E-state index in [1.54, 1.807) is 6.92 Å². The summed E-state index contributed by atoms with van der Waals surface area (Å²) in [6, 6.07) is 12.7. The summed E-state index contributed by atoms with van der Waals surface area (Å²) >= 11 is 1.20. The first kappa shape index (κ1) is 20.5. The van der Waals surface area contributed by atoms with Gasteiger partial charge in [-0.15, -0.1) is 11.8 Å². The van der Waals surface area contributed by atoms with Gasteiger partial charge < -0.3 is 16.4 Å². The number of halogens is 2. The monoisotopic (exact) mass is 416 g/mol. The molecule has 1 amide bonds. The van der Waals surface area contributed by atoms with Gasteiger partial charge in [-0.05, 0) is 31.2 Å². The van der Waals surface area contributed by atoms with E-state index in [1.807, 2.05) is 30.3 Å². The molecule has 3 aromatic rings. The molecule has 29 heavy (non-hydrogen) atoms. The van der Waals surface area contributed by atoms with Crippen LogP contribution >= 0.6 is 11.8 Å². The van der Waals surface area contributed by atoms with Crippen molar-refractivity contribution in [3.63, 3.8) is 0 Å². The number of amides is 1. The first-order chi connectivity index (χ1) is 13.9. The summed E-state index contributed by atoms with van der Waals surface area (Å²) < 4.78 is 27.3. The Hall–Kier alpha value is -3.27. The van der Waals surface area contributed by atoms with Crippen LogP contribution in [-0.4, -0.2) is 26.6 Å². The Morgan fingerprint density at radius 3 is 2.45 bits per heavy atom. The number of thioether (sulfide) groups is 1. The topological polar surface area (TPSA) is 106 Å². The third kappa shape index (κ3) is 5.61. The van der Waals surface area contributed by atoms with Crippen molar-refractivity contribution in [3.05, 3.63) is 66.0 Å². The summed E-state index contributed by atoms with van der Waals surface area (Å²) in [4.78, 5) is 24.6. The van der Waals surface area contributed by atoms with Crippen molar-refractivity contribution < 1.29 is 13.6 Å². The van der Waals surface area contributed by atoms with Gasteiger partial charge in [-0.2, -0.15) is 15.0 Å². The highest BCUT2D eigenvalue weighted by molar-refractivity contribution is 8.00. The molecule has 7 nitrogen and oxygen atoms in total. The number of hydrogen-bond acceptors (Lipinski definition) is 7. The predicted octanol–water partition coefficient (Wildman–Crippen LogP) is 3.91. The Balaban J connectivity index is 1.63. The molecule has 0 aliphatic rings. The second kappa shape index (κ2) is 9.28. The van der Waals surface area contributed by atoms with Gasteiger partial charge >= 0.3 is 0 Å². The Morgan fingerprint density at radius 2 is 1.76 bits per heavy atom. The Bertz CT molecular complexity index is 985. The number of nitrogens with one attached hydrogen (secondary N) is 2. The number of anilines is 4. The van der Waals surface area contributed by atoms with Crippen LogP contribution in [0, 0.1) is 11.6 Å². The first-order valence-corrected chi connectivity index (χ1v) is 9.66. The molecular formula is C19H18F2N6OS. The molecule has 0 saturated carbocycles. The van der Waals surface area contributed by atoms with Gasteiger partial charge in [-0.25, -0.2) is 8.78 Å². The van der Waals surface area contributed by atoms with Crippen molar-refractivity contribution in [2.45, 2.75) is 12.2 Å². The van der Waals surface area contributed by atoms with E-state index in [-0.39, 0.29) is 22.9 Å². The number of benzene rings is 2. The molecule has 0 saturated heterocycles. The standard InChI is InChI=1S/C19H18F2N6OS/c1-11(29-10-15(28)24-16-13(20)8-5-9-14(16)21)17-25-18(22)27-19(26-17)23-12-6-3-2-4-7-12/h2-9,11H,10H2,1H3,(H,24,28)(H3,22,23,25,26,27). The van der Waals surface area contributed by atoms with Crippen LogP contribution in [0.15, 0.2) is 48.5 Å². The predicted molar refractivity (Wildman–Crippen MR) is 110 cm³/mol. The second-order valence-corrected chi connectivity index (χ2v) is 7.29. The molecule has 150 valence electrons. The molecular weight excluding hydrogens is 398 g/mol. The highest BCUT2D eigenvalue weighted by Gasteiger charge is 2.17. The summed E-state index contributed by atoms with van der Waals surface area (Å²) in [6.07, 6.45) is 0. The summed E-state index contributed by atoms with van der Waals surface area (Å²) in [7, 11) is 0. The molecule has 4 N–H and O–H groups in total. The molecule has 1 aromatic heterocycles. The molecule has 0 radical (unpaired) electrons. The molecule has 10 heteroatoms. The average molecular weight is 416 g/mol. The zero-order valence-electron chi connectivity index (χ0n) is 15.4. The van der Waals surface area contributed by atoms with E-state index in [1.165, 1.54) is 17.8 Å². The van der Waals surface area contributed by atoms with Gasteiger partial charge in [0, 0.05) is 5.69 Å². The molecule has 0 fully saturated rings. The lowest BCUT2D eigenvalue weighted by Crippen LogP contribution is -2.17. The maximum Gasteiger partial charge on any atom is 0.234 e. The van der Waals surface area contributed by atoms with Crippen molar-refractivity contribution in [3.8, 4) is 0 Å². The van der Waals surface area contributed by atoms with Crippen molar-refractivity contribution in [1.82, 2.24) is 15.0 Å². The Labute approximate surface area is 170 Å². The molecule has 3 rings (SSSR count). The fourth-order valence-electron chi connectivity index (χ4n) is 2.37. The van der Waals surface area contributed by atoms with Gasteiger partial charge in [0.25, 0.3) is 0 Å². The maximum atomic E-state index is 13.6. The fraction of sp³-hybridized carbons (Fsp3) is 0.158. The number of hydrogen-bond donors (Lipinski definition) is 3. The van der Waals surface area contributed by atoms with E-state index in [2.05, 4.69) is 25.6 Å². The first-order valence-electron chi connectivity index (χ1n) is 8.61. The van der Waals surface area contributed by atoms with Crippen LogP contribution in [0.1, 0.15) is 18.0 Å². The molecule has 1 atom stereocenters. The minimum atomic E-state index is -0.835. The summed E-state index contributed by atoms with van der Waals surface area (Å²) in [5, 5.41) is 4.96. The number of nitrogens with zero attached hydrogens (tertiary/aromatic N) is 3. The van der Waals surface area contributed by atoms with Crippen molar-refractivity contribution >= 4 is 40.9 Å². The van der Waals surface area contributed by atoms with Gasteiger partial charge in [-0.1, -0.05) is 24.3 Å². The lowest BCUT2D eigenvalue weighted by molar-refractivity contribution is -0.113. The normalized spacial score (nSPS) is 11.7. The molecule has 0 spiro atoms. The average Bonchev–Trinajstić information content (AvgIpc) is 2.69. The fourth-order valence-corrected chi connectivity index (χ4v) is 3.09. The van der Waals surface area contributed by atoms with Crippen LogP contribution in [0.25, 0.3) is 0 Å². The summed E-state index contributed by atoms with van der Waals surface area (Å²) in [5.74, 6) is -1.57. The molecule has 1 heterocycles. The second-order valence-electron chi connectivity index (χ2n) is 5.96. The van der Waals surface area contributed by atoms with Crippen LogP contribution in [0.2, 0.25) is 0 Å². The highest BCUT2D eigenvalue weighted by atomic mass is 32.2. The summed E-state index contributed by atoms with van der Waals surface area (Å²) in [5.41, 5.74) is 6.09. The lowest BCUT2D eigenvalue weighted by atomic mass is 10.3. The minimum absolute atomic E-state index is 0.0405. The smallest absolute Gasteiger partial charge is 0.234 e. The minimum Gasteiger partial charge on any atom is -0.368 e. The SMILES string of the molecule is CC(SCC(=O)Nc1c(F)cccc1F)c1nc(N)nc(Nc2ccccc2)n1. The van der Waals surface area contributed by atoms with E-state index >= 15 is 0 Å².